The van der Waals surface area contributed by atoms with E-state index in [1.54, 1.807) is 0 Å². The molecule has 4 nitrogen and oxygen atoms in total. The highest BCUT2D eigenvalue weighted by Gasteiger charge is 2.24. The number of fused-ring (bicyclic) bond motifs is 1. The van der Waals surface area contributed by atoms with E-state index in [4.69, 9.17) is 4.74 Å². The Balaban J connectivity index is 2.13. The van der Waals surface area contributed by atoms with Crippen molar-refractivity contribution in [2.24, 2.45) is 0 Å². The summed E-state index contributed by atoms with van der Waals surface area (Å²) in [6, 6.07) is -0.127. The zero-order valence-corrected chi connectivity index (χ0v) is 6.09. The van der Waals surface area contributed by atoms with Crippen LogP contribution in [0.15, 0.2) is 11.8 Å². The summed E-state index contributed by atoms with van der Waals surface area (Å²) in [5.74, 6) is 0. The van der Waals surface area contributed by atoms with Crippen LogP contribution in [0.4, 0.5) is 4.79 Å². The molecule has 11 heavy (non-hydrogen) atoms. The lowest BCUT2D eigenvalue weighted by Crippen LogP contribution is -2.51. The Kier molecular flexibility index (Phi) is 1.54. The minimum absolute atomic E-state index is 0.0569. The summed E-state index contributed by atoms with van der Waals surface area (Å²) in [4.78, 5) is 10.8. The van der Waals surface area contributed by atoms with Crippen LogP contribution in [-0.2, 0) is 4.74 Å². The monoisotopic (exact) mass is 154 g/mol. The smallest absolute Gasteiger partial charge is 0.319 e. The Morgan fingerprint density at radius 1 is 1.64 bits per heavy atom. The highest BCUT2D eigenvalue weighted by Crippen LogP contribution is 2.13. The zero-order chi connectivity index (χ0) is 7.68. The number of ether oxygens (including phenoxy) is 1. The summed E-state index contributed by atoms with van der Waals surface area (Å²) in [7, 11) is 0. The molecule has 0 bridgehead atoms. The molecule has 2 amide bonds. The second-order valence-corrected chi connectivity index (χ2v) is 2.64. The maximum atomic E-state index is 10.8. The van der Waals surface area contributed by atoms with Gasteiger partial charge in [0.15, 0.2) is 0 Å². The number of nitrogens with one attached hydrogen (secondary N) is 2. The third-order valence-corrected chi connectivity index (χ3v) is 1.85. The third kappa shape index (κ3) is 1.21. The van der Waals surface area contributed by atoms with E-state index in [9.17, 15) is 4.79 Å². The predicted octanol–water partition coefficient (Wildman–Crippen LogP) is -0.0280. The van der Waals surface area contributed by atoms with Crippen molar-refractivity contribution in [1.29, 1.82) is 0 Å². The first-order chi connectivity index (χ1) is 5.36. The Morgan fingerprint density at radius 2 is 2.55 bits per heavy atom. The van der Waals surface area contributed by atoms with Crippen molar-refractivity contribution in [3.8, 4) is 0 Å². The van der Waals surface area contributed by atoms with Crippen molar-refractivity contribution in [3.63, 3.8) is 0 Å². The van der Waals surface area contributed by atoms with E-state index in [1.807, 2.05) is 6.08 Å². The number of urea groups is 1. The van der Waals surface area contributed by atoms with Gasteiger partial charge in [0, 0.05) is 5.70 Å². The fraction of sp³-hybridized carbons (Fsp3) is 0.571. The van der Waals surface area contributed by atoms with Gasteiger partial charge in [-0.05, 0) is 6.42 Å². The van der Waals surface area contributed by atoms with E-state index in [0.717, 1.165) is 18.7 Å². The van der Waals surface area contributed by atoms with E-state index in [0.29, 0.717) is 6.54 Å². The Morgan fingerprint density at radius 3 is 3.45 bits per heavy atom. The van der Waals surface area contributed by atoms with Gasteiger partial charge in [0.1, 0.15) is 6.10 Å². The summed E-state index contributed by atoms with van der Waals surface area (Å²) < 4.78 is 5.38. The van der Waals surface area contributed by atoms with E-state index < -0.39 is 0 Å². The molecular weight excluding hydrogens is 144 g/mol. The molecule has 2 aliphatic rings. The van der Waals surface area contributed by atoms with Crippen LogP contribution in [0.25, 0.3) is 0 Å². The van der Waals surface area contributed by atoms with Gasteiger partial charge in [-0.1, -0.05) is 6.08 Å². The molecule has 0 saturated carbocycles. The van der Waals surface area contributed by atoms with Crippen LogP contribution in [0.1, 0.15) is 6.42 Å². The van der Waals surface area contributed by atoms with Crippen molar-refractivity contribution < 1.29 is 9.53 Å². The van der Waals surface area contributed by atoms with E-state index in [2.05, 4.69) is 10.6 Å². The molecule has 4 heteroatoms. The topological polar surface area (TPSA) is 50.4 Å². The van der Waals surface area contributed by atoms with Crippen LogP contribution >= 0.6 is 0 Å². The maximum absolute atomic E-state index is 10.8. The summed E-state index contributed by atoms with van der Waals surface area (Å²) in [5.41, 5.74) is 0.917. The maximum Gasteiger partial charge on any atom is 0.319 e. The molecule has 1 saturated heterocycles. The second-order valence-electron chi connectivity index (χ2n) is 2.64. The highest BCUT2D eigenvalue weighted by molar-refractivity contribution is 5.77. The van der Waals surface area contributed by atoms with Gasteiger partial charge in [-0.25, -0.2) is 4.79 Å². The quantitative estimate of drug-likeness (QED) is 0.515. The Hall–Kier alpha value is -1.03. The molecule has 1 atom stereocenters. The first-order valence-corrected chi connectivity index (χ1v) is 3.73. The van der Waals surface area contributed by atoms with Crippen LogP contribution in [-0.4, -0.2) is 25.3 Å². The van der Waals surface area contributed by atoms with E-state index >= 15 is 0 Å². The average molecular weight is 154 g/mol. The number of rotatable bonds is 0. The minimum Gasteiger partial charge on any atom is -0.370 e. The molecule has 1 fully saturated rings. The summed E-state index contributed by atoms with van der Waals surface area (Å²) in [6.45, 7) is 1.35. The molecule has 0 aliphatic carbocycles. The largest absolute Gasteiger partial charge is 0.370 e. The van der Waals surface area contributed by atoms with Crippen molar-refractivity contribution >= 4 is 6.03 Å². The molecule has 2 heterocycles. The lowest BCUT2D eigenvalue weighted by atomic mass is 10.1. The van der Waals surface area contributed by atoms with Crippen molar-refractivity contribution in [1.82, 2.24) is 10.6 Å². The molecule has 0 aromatic carbocycles. The molecule has 0 radical (unpaired) electrons. The van der Waals surface area contributed by atoms with Crippen LogP contribution in [0.5, 0.6) is 0 Å². The van der Waals surface area contributed by atoms with Gasteiger partial charge in [0.05, 0.1) is 13.2 Å². The van der Waals surface area contributed by atoms with Crippen LogP contribution in [0, 0.1) is 0 Å². The Bertz CT molecular complexity index is 212. The number of hydrogen-bond acceptors (Lipinski definition) is 2. The summed E-state index contributed by atoms with van der Waals surface area (Å²) in [5, 5.41) is 5.37. The van der Waals surface area contributed by atoms with Gasteiger partial charge in [-0.15, -0.1) is 0 Å². The fourth-order valence-electron chi connectivity index (χ4n) is 1.31. The summed E-state index contributed by atoms with van der Waals surface area (Å²) >= 11 is 0. The number of amides is 2. The van der Waals surface area contributed by atoms with Gasteiger partial charge >= 0.3 is 6.03 Å². The average Bonchev–Trinajstić information content (AvgIpc) is 2.04. The molecule has 2 aliphatic heterocycles. The molecule has 2 N–H and O–H groups in total. The number of hydrogen-bond donors (Lipinski definition) is 2. The number of carbonyl (C=O) groups is 1. The molecule has 0 aromatic rings. The van der Waals surface area contributed by atoms with E-state index in [1.165, 1.54) is 0 Å². The molecule has 0 aromatic heterocycles. The minimum atomic E-state index is -0.127. The first-order valence-electron chi connectivity index (χ1n) is 3.73. The van der Waals surface area contributed by atoms with Crippen molar-refractivity contribution in [3.05, 3.63) is 11.8 Å². The van der Waals surface area contributed by atoms with Gasteiger partial charge in [0.25, 0.3) is 0 Å². The Labute approximate surface area is 64.6 Å². The zero-order valence-electron chi connectivity index (χ0n) is 6.09. The fourth-order valence-corrected chi connectivity index (χ4v) is 1.31. The van der Waals surface area contributed by atoms with Gasteiger partial charge < -0.3 is 15.4 Å². The van der Waals surface area contributed by atoms with Crippen molar-refractivity contribution in [2.75, 3.05) is 13.2 Å². The molecule has 0 spiro atoms. The van der Waals surface area contributed by atoms with Crippen molar-refractivity contribution in [2.45, 2.75) is 12.5 Å². The molecule has 60 valence electrons. The number of carbonyl (C=O) groups excluding carboxylic acids is 1. The van der Waals surface area contributed by atoms with Crippen LogP contribution < -0.4 is 10.6 Å². The highest BCUT2D eigenvalue weighted by atomic mass is 16.5. The lowest BCUT2D eigenvalue weighted by molar-refractivity contribution is 0.0620. The third-order valence-electron chi connectivity index (χ3n) is 1.85. The van der Waals surface area contributed by atoms with Gasteiger partial charge in [-0.2, -0.15) is 0 Å². The second kappa shape index (κ2) is 2.54. The molecule has 2 rings (SSSR count). The van der Waals surface area contributed by atoms with Crippen LogP contribution in [0.3, 0.4) is 0 Å². The van der Waals surface area contributed by atoms with Gasteiger partial charge in [-0.3, -0.25) is 0 Å². The molecule has 1 unspecified atom stereocenters. The van der Waals surface area contributed by atoms with Gasteiger partial charge in [0.2, 0.25) is 0 Å². The SMILES string of the molecule is O=C1NCC2OCCC=C2N1. The standard InChI is InChI=1S/C7H10N2O2/c10-7-8-4-6-5(9-7)2-1-3-11-6/h2,6H,1,3-4H2,(H2,8,9,10). The van der Waals surface area contributed by atoms with Crippen LogP contribution in [0.2, 0.25) is 0 Å². The first kappa shape index (κ1) is 6.67. The molecular formula is C7H10N2O2. The van der Waals surface area contributed by atoms with E-state index in [-0.39, 0.29) is 12.1 Å². The lowest BCUT2D eigenvalue weighted by Gasteiger charge is -2.29. The predicted molar refractivity (Wildman–Crippen MR) is 39.0 cm³/mol. The summed E-state index contributed by atoms with van der Waals surface area (Å²) in [6.07, 6.45) is 2.97. The normalized spacial score (nSPS) is 29.6.